The third kappa shape index (κ3) is 4.76. The molecule has 4 heteroatoms. The number of carbonyl (C=O) groups excluding carboxylic acids is 2. The smallest absolute Gasteiger partial charge is 0.337 e. The van der Waals surface area contributed by atoms with Crippen molar-refractivity contribution in [3.8, 4) is 0 Å². The molecule has 0 heterocycles. The largest absolute Gasteiger partial charge is 0.465 e. The Morgan fingerprint density at radius 1 is 1.07 bits per heavy atom. The molecule has 2 aromatic rings. The van der Waals surface area contributed by atoms with E-state index in [2.05, 4.69) is 12.2 Å². The summed E-state index contributed by atoms with van der Waals surface area (Å²) in [4.78, 5) is 24.4. The van der Waals surface area contributed by atoms with Gasteiger partial charge in [-0.15, -0.1) is 0 Å². The average Bonchev–Trinajstić information content (AvgIpc) is 3.49. The third-order valence-corrected chi connectivity index (χ3v) is 5.35. The van der Waals surface area contributed by atoms with E-state index in [0.29, 0.717) is 23.0 Å². The van der Waals surface area contributed by atoms with Crippen LogP contribution in [0.25, 0.3) is 0 Å². The van der Waals surface area contributed by atoms with Gasteiger partial charge in [0.1, 0.15) is 0 Å². The highest BCUT2D eigenvalue weighted by Gasteiger charge is 2.43. The SMILES string of the molecule is CCCC[C@@H]1C[C@@H]1C(NC(=O)c1ccccc1)c1ccc(C(=O)OC)cc1. The number of benzene rings is 2. The summed E-state index contributed by atoms with van der Waals surface area (Å²) in [5, 5.41) is 3.23. The van der Waals surface area contributed by atoms with Gasteiger partial charge in [-0.2, -0.15) is 0 Å². The Morgan fingerprint density at radius 2 is 1.78 bits per heavy atom. The zero-order valence-electron chi connectivity index (χ0n) is 16.0. The van der Waals surface area contributed by atoms with Crippen LogP contribution in [0.3, 0.4) is 0 Å². The quantitative estimate of drug-likeness (QED) is 0.686. The molecule has 3 rings (SSSR count). The lowest BCUT2D eigenvalue weighted by Gasteiger charge is -2.20. The fraction of sp³-hybridized carbons (Fsp3) is 0.391. The molecule has 142 valence electrons. The second-order valence-corrected chi connectivity index (χ2v) is 7.23. The van der Waals surface area contributed by atoms with Crippen molar-refractivity contribution in [1.29, 1.82) is 0 Å². The van der Waals surface area contributed by atoms with E-state index in [1.165, 1.54) is 26.4 Å². The number of amides is 1. The van der Waals surface area contributed by atoms with Crippen LogP contribution in [0.4, 0.5) is 0 Å². The first-order valence-electron chi connectivity index (χ1n) is 9.68. The second kappa shape index (κ2) is 8.85. The molecule has 0 bridgehead atoms. The van der Waals surface area contributed by atoms with Crippen LogP contribution in [0, 0.1) is 11.8 Å². The van der Waals surface area contributed by atoms with Crippen molar-refractivity contribution in [2.45, 2.75) is 38.6 Å². The Labute approximate surface area is 160 Å². The molecule has 1 N–H and O–H groups in total. The van der Waals surface area contributed by atoms with E-state index in [9.17, 15) is 9.59 Å². The first-order chi connectivity index (χ1) is 13.1. The summed E-state index contributed by atoms with van der Waals surface area (Å²) in [5.41, 5.74) is 2.23. The lowest BCUT2D eigenvalue weighted by Crippen LogP contribution is -2.30. The van der Waals surface area contributed by atoms with E-state index in [-0.39, 0.29) is 17.9 Å². The molecule has 27 heavy (non-hydrogen) atoms. The number of methoxy groups -OCH3 is 1. The maximum atomic E-state index is 12.7. The van der Waals surface area contributed by atoms with Gasteiger partial charge in [-0.1, -0.05) is 56.5 Å². The molecular weight excluding hydrogens is 338 g/mol. The van der Waals surface area contributed by atoms with E-state index in [4.69, 9.17) is 4.74 Å². The number of rotatable bonds is 8. The van der Waals surface area contributed by atoms with Gasteiger partial charge in [-0.25, -0.2) is 4.79 Å². The van der Waals surface area contributed by atoms with Gasteiger partial charge in [0.15, 0.2) is 0 Å². The normalized spacial score (nSPS) is 19.2. The molecule has 0 radical (unpaired) electrons. The van der Waals surface area contributed by atoms with Gasteiger partial charge >= 0.3 is 5.97 Å². The standard InChI is InChI=1S/C23H27NO3/c1-3-4-8-19-15-20(19)21(24-22(25)17-9-6-5-7-10-17)16-11-13-18(14-12-16)23(26)27-2/h5-7,9-14,19-21H,3-4,8,15H2,1-2H3,(H,24,25)/t19-,20+,21?/m1/s1. The second-order valence-electron chi connectivity index (χ2n) is 7.23. The molecular formula is C23H27NO3. The van der Waals surface area contributed by atoms with Gasteiger partial charge in [0.05, 0.1) is 18.7 Å². The van der Waals surface area contributed by atoms with Crippen molar-refractivity contribution in [1.82, 2.24) is 5.32 Å². The van der Waals surface area contributed by atoms with Crippen molar-refractivity contribution in [2.75, 3.05) is 7.11 Å². The molecule has 4 nitrogen and oxygen atoms in total. The molecule has 1 aliphatic rings. The molecule has 1 saturated carbocycles. The number of unbranched alkanes of at least 4 members (excludes halogenated alkanes) is 1. The summed E-state index contributed by atoms with van der Waals surface area (Å²) in [6.07, 6.45) is 4.76. The van der Waals surface area contributed by atoms with Crippen LogP contribution in [0.1, 0.15) is 64.9 Å². The Balaban J connectivity index is 1.78. The molecule has 1 amide bonds. The molecule has 0 saturated heterocycles. The summed E-state index contributed by atoms with van der Waals surface area (Å²) >= 11 is 0. The number of hydrogen-bond donors (Lipinski definition) is 1. The zero-order chi connectivity index (χ0) is 19.2. The molecule has 0 aliphatic heterocycles. The van der Waals surface area contributed by atoms with E-state index >= 15 is 0 Å². The van der Waals surface area contributed by atoms with Gasteiger partial charge in [-0.05, 0) is 48.1 Å². The Bertz CT molecular complexity index is 770. The van der Waals surface area contributed by atoms with Crippen LogP contribution in [0.2, 0.25) is 0 Å². The Hall–Kier alpha value is -2.62. The van der Waals surface area contributed by atoms with Gasteiger partial charge < -0.3 is 10.1 Å². The molecule has 0 aromatic heterocycles. The minimum atomic E-state index is -0.348. The summed E-state index contributed by atoms with van der Waals surface area (Å²) in [5.74, 6) is 0.706. The monoisotopic (exact) mass is 365 g/mol. The van der Waals surface area contributed by atoms with E-state index < -0.39 is 0 Å². The molecule has 2 aromatic carbocycles. The zero-order valence-corrected chi connectivity index (χ0v) is 16.0. The van der Waals surface area contributed by atoms with Crippen LogP contribution in [0.5, 0.6) is 0 Å². The molecule has 1 aliphatic carbocycles. The maximum Gasteiger partial charge on any atom is 0.337 e. The predicted octanol–water partition coefficient (Wildman–Crippen LogP) is 4.77. The van der Waals surface area contributed by atoms with Crippen molar-refractivity contribution >= 4 is 11.9 Å². The summed E-state index contributed by atoms with van der Waals surface area (Å²) in [6.45, 7) is 2.21. The fourth-order valence-corrected chi connectivity index (χ4v) is 3.67. The molecule has 0 spiro atoms. The van der Waals surface area contributed by atoms with E-state index in [1.807, 2.05) is 42.5 Å². The number of hydrogen-bond acceptors (Lipinski definition) is 3. The van der Waals surface area contributed by atoms with Crippen LogP contribution >= 0.6 is 0 Å². The lowest BCUT2D eigenvalue weighted by molar-refractivity contribution is 0.0600. The van der Waals surface area contributed by atoms with Crippen molar-refractivity contribution < 1.29 is 14.3 Å². The third-order valence-electron chi connectivity index (χ3n) is 5.35. The topological polar surface area (TPSA) is 55.4 Å². The van der Waals surface area contributed by atoms with Gasteiger partial charge in [-0.3, -0.25) is 4.79 Å². The highest BCUT2D eigenvalue weighted by atomic mass is 16.5. The van der Waals surface area contributed by atoms with Gasteiger partial charge in [0.25, 0.3) is 5.91 Å². The molecule has 3 atom stereocenters. The summed E-state index contributed by atoms with van der Waals surface area (Å²) < 4.78 is 4.77. The van der Waals surface area contributed by atoms with Crippen LogP contribution in [-0.2, 0) is 4.74 Å². The highest BCUT2D eigenvalue weighted by Crippen LogP contribution is 2.50. The van der Waals surface area contributed by atoms with Crippen molar-refractivity contribution in [3.05, 3.63) is 71.3 Å². The highest BCUT2D eigenvalue weighted by molar-refractivity contribution is 5.94. The number of nitrogens with one attached hydrogen (secondary N) is 1. The predicted molar refractivity (Wildman–Crippen MR) is 106 cm³/mol. The molecule has 1 unspecified atom stereocenters. The number of ether oxygens (including phenoxy) is 1. The van der Waals surface area contributed by atoms with Crippen molar-refractivity contribution in [3.63, 3.8) is 0 Å². The van der Waals surface area contributed by atoms with Crippen LogP contribution in [0.15, 0.2) is 54.6 Å². The molecule has 1 fully saturated rings. The van der Waals surface area contributed by atoms with E-state index in [0.717, 1.165) is 12.0 Å². The minimum Gasteiger partial charge on any atom is -0.465 e. The van der Waals surface area contributed by atoms with Crippen LogP contribution < -0.4 is 5.32 Å². The van der Waals surface area contributed by atoms with Gasteiger partial charge in [0, 0.05) is 5.56 Å². The summed E-state index contributed by atoms with van der Waals surface area (Å²) in [6, 6.07) is 16.7. The Morgan fingerprint density at radius 3 is 2.41 bits per heavy atom. The maximum absolute atomic E-state index is 12.7. The minimum absolute atomic E-state index is 0.0359. The summed E-state index contributed by atoms with van der Waals surface area (Å²) in [7, 11) is 1.38. The lowest BCUT2D eigenvalue weighted by atomic mass is 9.98. The first-order valence-corrected chi connectivity index (χ1v) is 9.68. The van der Waals surface area contributed by atoms with Crippen LogP contribution in [-0.4, -0.2) is 19.0 Å². The Kier molecular flexibility index (Phi) is 6.28. The average molecular weight is 365 g/mol. The number of carbonyl (C=O) groups is 2. The van der Waals surface area contributed by atoms with E-state index in [1.54, 1.807) is 12.1 Å². The first kappa shape index (κ1) is 19.2. The number of esters is 1. The van der Waals surface area contributed by atoms with Crippen molar-refractivity contribution in [2.24, 2.45) is 11.8 Å². The fourth-order valence-electron chi connectivity index (χ4n) is 3.67. The van der Waals surface area contributed by atoms with Gasteiger partial charge in [0.2, 0.25) is 0 Å².